The number of amides is 1. The van der Waals surface area contributed by atoms with Crippen LogP contribution in [-0.4, -0.2) is 24.8 Å². The summed E-state index contributed by atoms with van der Waals surface area (Å²) in [7, 11) is 0. The quantitative estimate of drug-likeness (QED) is 0.735. The fourth-order valence-electron chi connectivity index (χ4n) is 2.09. The van der Waals surface area contributed by atoms with Gasteiger partial charge >= 0.3 is 6.09 Å². The zero-order chi connectivity index (χ0) is 16.6. The van der Waals surface area contributed by atoms with Crippen LogP contribution < -0.4 is 10.6 Å². The topological polar surface area (TPSA) is 50.4 Å². The number of nitrogens with one attached hydrogen (secondary N) is 2. The predicted octanol–water partition coefficient (Wildman–Crippen LogP) is 4.30. The van der Waals surface area contributed by atoms with Gasteiger partial charge in [-0.25, -0.2) is 4.79 Å². The van der Waals surface area contributed by atoms with Crippen LogP contribution >= 0.6 is 11.6 Å². The highest BCUT2D eigenvalue weighted by molar-refractivity contribution is 6.30. The van der Waals surface area contributed by atoms with Gasteiger partial charge in [-0.15, -0.1) is 0 Å². The fourth-order valence-corrected chi connectivity index (χ4v) is 2.29. The number of rotatable bonds is 7. The zero-order valence-corrected chi connectivity index (χ0v) is 14.7. The number of alkyl carbamates (subject to hydrolysis) is 1. The van der Waals surface area contributed by atoms with Crippen LogP contribution in [0.15, 0.2) is 24.3 Å². The van der Waals surface area contributed by atoms with Crippen LogP contribution in [0.1, 0.15) is 52.1 Å². The Morgan fingerprint density at radius 1 is 1.32 bits per heavy atom. The summed E-state index contributed by atoms with van der Waals surface area (Å²) in [5, 5.41) is 7.00. The molecule has 1 aromatic rings. The van der Waals surface area contributed by atoms with Crippen LogP contribution in [0, 0.1) is 0 Å². The van der Waals surface area contributed by atoms with E-state index in [-0.39, 0.29) is 12.1 Å². The van der Waals surface area contributed by atoms with Gasteiger partial charge < -0.3 is 15.4 Å². The van der Waals surface area contributed by atoms with Crippen molar-refractivity contribution >= 4 is 17.7 Å². The van der Waals surface area contributed by atoms with Gasteiger partial charge in [0.05, 0.1) is 0 Å². The molecule has 0 fully saturated rings. The van der Waals surface area contributed by atoms with Gasteiger partial charge in [0.25, 0.3) is 0 Å². The van der Waals surface area contributed by atoms with Crippen molar-refractivity contribution in [2.45, 2.75) is 52.2 Å². The van der Waals surface area contributed by atoms with Gasteiger partial charge in [0.2, 0.25) is 0 Å². The van der Waals surface area contributed by atoms with Gasteiger partial charge in [-0.1, -0.05) is 30.7 Å². The van der Waals surface area contributed by atoms with E-state index in [2.05, 4.69) is 23.6 Å². The normalized spacial score (nSPS) is 12.8. The maximum Gasteiger partial charge on any atom is 0.407 e. The molecule has 22 heavy (non-hydrogen) atoms. The van der Waals surface area contributed by atoms with E-state index in [9.17, 15) is 4.79 Å². The lowest BCUT2D eigenvalue weighted by atomic mass is 10.0. The van der Waals surface area contributed by atoms with E-state index < -0.39 is 5.60 Å². The van der Waals surface area contributed by atoms with Crippen LogP contribution in [0.2, 0.25) is 5.02 Å². The summed E-state index contributed by atoms with van der Waals surface area (Å²) < 4.78 is 5.18. The lowest BCUT2D eigenvalue weighted by Crippen LogP contribution is -2.34. The van der Waals surface area contributed by atoms with Crippen LogP contribution in [-0.2, 0) is 4.74 Å². The van der Waals surface area contributed by atoms with Gasteiger partial charge in [-0.3, -0.25) is 0 Å². The van der Waals surface area contributed by atoms with Crippen molar-refractivity contribution < 1.29 is 9.53 Å². The smallest absolute Gasteiger partial charge is 0.407 e. The van der Waals surface area contributed by atoms with Crippen molar-refractivity contribution in [3.05, 3.63) is 34.9 Å². The fraction of sp³-hybridized carbons (Fsp3) is 0.588. The highest BCUT2D eigenvalue weighted by atomic mass is 35.5. The van der Waals surface area contributed by atoms with E-state index in [1.165, 1.54) is 5.56 Å². The Hall–Kier alpha value is -1.26. The maximum atomic E-state index is 11.5. The minimum Gasteiger partial charge on any atom is -0.444 e. The van der Waals surface area contributed by atoms with E-state index in [1.54, 1.807) is 0 Å². The van der Waals surface area contributed by atoms with Gasteiger partial charge in [0.15, 0.2) is 0 Å². The molecule has 0 aliphatic carbocycles. The predicted molar refractivity (Wildman–Crippen MR) is 91.3 cm³/mol. The standard InChI is InChI=1S/C17H27ClN2O2/c1-5-15(13-8-6-9-14(18)12-13)19-10-7-11-20-16(21)22-17(2,3)4/h6,8-9,12,15,19H,5,7,10-11H2,1-4H3,(H,20,21). The molecule has 0 radical (unpaired) electrons. The minimum absolute atomic E-state index is 0.278. The number of hydrogen-bond acceptors (Lipinski definition) is 3. The Bertz CT molecular complexity index is 472. The summed E-state index contributed by atoms with van der Waals surface area (Å²) in [6.45, 7) is 9.10. The number of ether oxygens (including phenoxy) is 1. The summed E-state index contributed by atoms with van der Waals surface area (Å²) in [5.41, 5.74) is 0.734. The summed E-state index contributed by atoms with van der Waals surface area (Å²) in [5.74, 6) is 0. The summed E-state index contributed by atoms with van der Waals surface area (Å²) in [6.07, 6.45) is 1.46. The Labute approximate surface area is 138 Å². The van der Waals surface area contributed by atoms with Crippen LogP contribution in [0.3, 0.4) is 0 Å². The second kappa shape index (κ2) is 9.01. The van der Waals surface area contributed by atoms with Gasteiger partial charge in [0, 0.05) is 17.6 Å². The number of carbonyl (C=O) groups is 1. The lowest BCUT2D eigenvalue weighted by molar-refractivity contribution is 0.0527. The van der Waals surface area contributed by atoms with Crippen molar-refractivity contribution in [1.82, 2.24) is 10.6 Å². The first-order valence-corrected chi connectivity index (χ1v) is 8.15. The van der Waals surface area contributed by atoms with E-state index >= 15 is 0 Å². The highest BCUT2D eigenvalue weighted by Gasteiger charge is 2.15. The Morgan fingerprint density at radius 2 is 2.05 bits per heavy atom. The molecule has 124 valence electrons. The molecule has 1 unspecified atom stereocenters. The average molecular weight is 327 g/mol. The largest absolute Gasteiger partial charge is 0.444 e. The molecule has 0 aliphatic heterocycles. The van der Waals surface area contributed by atoms with Crippen molar-refractivity contribution in [3.8, 4) is 0 Å². The van der Waals surface area contributed by atoms with Crippen molar-refractivity contribution in [1.29, 1.82) is 0 Å². The second-order valence-corrected chi connectivity index (χ2v) is 6.69. The molecule has 2 N–H and O–H groups in total. The molecule has 1 atom stereocenters. The van der Waals surface area contributed by atoms with Gasteiger partial charge in [-0.05, 0) is 57.9 Å². The molecule has 0 saturated carbocycles. The van der Waals surface area contributed by atoms with Crippen molar-refractivity contribution in [2.24, 2.45) is 0 Å². The molecule has 0 saturated heterocycles. The minimum atomic E-state index is -0.456. The molecule has 0 bridgehead atoms. The van der Waals surface area contributed by atoms with Crippen LogP contribution in [0.5, 0.6) is 0 Å². The van der Waals surface area contributed by atoms with Gasteiger partial charge in [-0.2, -0.15) is 0 Å². The average Bonchev–Trinajstić information content (AvgIpc) is 2.40. The molecule has 1 aromatic carbocycles. The first-order chi connectivity index (χ1) is 10.3. The first-order valence-electron chi connectivity index (χ1n) is 7.77. The third-order valence-corrected chi connectivity index (χ3v) is 3.31. The summed E-state index contributed by atoms with van der Waals surface area (Å²) in [6, 6.07) is 8.18. The molecule has 0 aromatic heterocycles. The third kappa shape index (κ3) is 7.66. The molecule has 1 rings (SSSR count). The second-order valence-electron chi connectivity index (χ2n) is 6.25. The lowest BCUT2D eigenvalue weighted by Gasteiger charge is -2.20. The molecular formula is C17H27ClN2O2. The molecule has 4 nitrogen and oxygen atoms in total. The molecule has 5 heteroatoms. The maximum absolute atomic E-state index is 11.5. The Balaban J connectivity index is 2.27. The van der Waals surface area contributed by atoms with E-state index in [0.29, 0.717) is 6.54 Å². The zero-order valence-electron chi connectivity index (χ0n) is 13.9. The van der Waals surface area contributed by atoms with E-state index in [1.807, 2.05) is 39.0 Å². The number of carbonyl (C=O) groups excluding carboxylic acids is 1. The Morgan fingerprint density at radius 3 is 2.64 bits per heavy atom. The van der Waals surface area contributed by atoms with E-state index in [4.69, 9.17) is 16.3 Å². The Kier molecular flexibility index (Phi) is 7.69. The molecule has 0 heterocycles. The number of halogens is 1. The summed E-state index contributed by atoms with van der Waals surface area (Å²) in [4.78, 5) is 11.5. The monoisotopic (exact) mass is 326 g/mol. The van der Waals surface area contributed by atoms with Crippen LogP contribution in [0.4, 0.5) is 4.79 Å². The molecule has 0 spiro atoms. The third-order valence-electron chi connectivity index (χ3n) is 3.07. The van der Waals surface area contributed by atoms with Crippen LogP contribution in [0.25, 0.3) is 0 Å². The summed E-state index contributed by atoms with van der Waals surface area (Å²) >= 11 is 6.03. The van der Waals surface area contributed by atoms with Crippen molar-refractivity contribution in [3.63, 3.8) is 0 Å². The number of hydrogen-bond donors (Lipinski definition) is 2. The van der Waals surface area contributed by atoms with Gasteiger partial charge in [0.1, 0.15) is 5.60 Å². The van der Waals surface area contributed by atoms with Crippen molar-refractivity contribution in [2.75, 3.05) is 13.1 Å². The number of benzene rings is 1. The molecule has 1 amide bonds. The van der Waals surface area contributed by atoms with E-state index in [0.717, 1.165) is 24.4 Å². The SMILES string of the molecule is CCC(NCCCNC(=O)OC(C)(C)C)c1cccc(Cl)c1. The molecule has 0 aliphatic rings. The highest BCUT2D eigenvalue weighted by Crippen LogP contribution is 2.20. The molecular weight excluding hydrogens is 300 g/mol. The first kappa shape index (κ1) is 18.8.